The Morgan fingerprint density at radius 1 is 1.23 bits per heavy atom. The number of hydrogen-bond donors (Lipinski definition) is 0. The Kier molecular flexibility index (Phi) is 3.32. The fraction of sp³-hybridized carbons (Fsp3) is 0.533. The quantitative estimate of drug-likeness (QED) is 0.861. The highest BCUT2D eigenvalue weighted by molar-refractivity contribution is 5.81. The van der Waals surface area contributed by atoms with E-state index in [1.165, 1.54) is 0 Å². The highest BCUT2D eigenvalue weighted by Crippen LogP contribution is 2.37. The highest BCUT2D eigenvalue weighted by atomic mass is 16.5. The van der Waals surface area contributed by atoms with Crippen LogP contribution < -0.4 is 0 Å². The van der Waals surface area contributed by atoms with E-state index in [9.17, 15) is 4.79 Å². The van der Waals surface area contributed by atoms with E-state index in [2.05, 4.69) is 20.1 Å². The zero-order valence-corrected chi connectivity index (χ0v) is 12.2. The third kappa shape index (κ3) is 2.47. The lowest BCUT2D eigenvalue weighted by atomic mass is 10.0. The second-order valence-electron chi connectivity index (χ2n) is 5.86. The van der Waals surface area contributed by atoms with Crippen molar-refractivity contribution in [3.8, 4) is 11.5 Å². The van der Waals surface area contributed by atoms with Crippen molar-refractivity contribution in [1.82, 2.24) is 25.0 Å². The molecule has 0 spiro atoms. The van der Waals surface area contributed by atoms with Crippen molar-refractivity contribution in [1.29, 1.82) is 0 Å². The molecular formula is C15H17N5O2. The zero-order chi connectivity index (χ0) is 14.9. The Balaban J connectivity index is 1.59. The molecule has 114 valence electrons. The first-order valence-electron chi connectivity index (χ1n) is 7.73. The summed E-state index contributed by atoms with van der Waals surface area (Å²) in [7, 11) is 0. The maximum absolute atomic E-state index is 12.4. The molecule has 1 aliphatic carbocycles. The topological polar surface area (TPSA) is 85.0 Å². The van der Waals surface area contributed by atoms with Gasteiger partial charge in [0.15, 0.2) is 0 Å². The lowest BCUT2D eigenvalue weighted by molar-refractivity contribution is -0.137. The van der Waals surface area contributed by atoms with Crippen LogP contribution in [0.4, 0.5) is 0 Å². The summed E-state index contributed by atoms with van der Waals surface area (Å²) in [4.78, 5) is 27.0. The van der Waals surface area contributed by atoms with E-state index in [1.54, 1.807) is 18.6 Å². The van der Waals surface area contributed by atoms with Crippen LogP contribution in [0.5, 0.6) is 0 Å². The Hall–Kier alpha value is -2.31. The SMILES string of the molecule is O=C(C1CC1)N1CCCCC1c1nc(-c2cnccn2)no1. The van der Waals surface area contributed by atoms with Crippen molar-refractivity contribution in [3.05, 3.63) is 24.5 Å². The average Bonchev–Trinajstić information content (AvgIpc) is 3.32. The van der Waals surface area contributed by atoms with Gasteiger partial charge >= 0.3 is 0 Å². The molecule has 2 aromatic rings. The minimum absolute atomic E-state index is 0.0974. The van der Waals surface area contributed by atoms with Gasteiger partial charge in [-0.15, -0.1) is 0 Å². The van der Waals surface area contributed by atoms with E-state index in [1.807, 2.05) is 4.90 Å². The Labute approximate surface area is 127 Å². The Morgan fingerprint density at radius 2 is 2.14 bits per heavy atom. The molecule has 3 heterocycles. The summed E-state index contributed by atoms with van der Waals surface area (Å²) >= 11 is 0. The third-order valence-electron chi connectivity index (χ3n) is 4.23. The number of piperidine rings is 1. The van der Waals surface area contributed by atoms with Gasteiger partial charge in [0.05, 0.1) is 6.20 Å². The number of amides is 1. The molecule has 22 heavy (non-hydrogen) atoms. The van der Waals surface area contributed by atoms with Crippen LogP contribution in [0.1, 0.15) is 44.0 Å². The minimum atomic E-state index is -0.0974. The van der Waals surface area contributed by atoms with Crippen molar-refractivity contribution in [2.45, 2.75) is 38.1 Å². The minimum Gasteiger partial charge on any atom is -0.337 e. The van der Waals surface area contributed by atoms with Gasteiger partial charge in [0, 0.05) is 24.9 Å². The summed E-state index contributed by atoms with van der Waals surface area (Å²) < 4.78 is 5.42. The van der Waals surface area contributed by atoms with E-state index in [0.29, 0.717) is 17.4 Å². The van der Waals surface area contributed by atoms with Gasteiger partial charge in [-0.05, 0) is 32.1 Å². The molecule has 7 heteroatoms. The fourth-order valence-electron chi connectivity index (χ4n) is 2.91. The van der Waals surface area contributed by atoms with E-state index < -0.39 is 0 Å². The molecule has 2 aromatic heterocycles. The van der Waals surface area contributed by atoms with Crippen molar-refractivity contribution >= 4 is 5.91 Å². The third-order valence-corrected chi connectivity index (χ3v) is 4.23. The van der Waals surface area contributed by atoms with Gasteiger partial charge in [-0.3, -0.25) is 9.78 Å². The standard InChI is InChI=1S/C15H17N5O2/c21-15(10-4-5-10)20-8-2-1-3-12(20)14-18-13(19-22-14)11-9-16-6-7-17-11/h6-7,9-10,12H,1-5,8H2. The molecule has 1 saturated heterocycles. The molecule has 0 N–H and O–H groups in total. The van der Waals surface area contributed by atoms with Crippen LogP contribution in [0.15, 0.2) is 23.1 Å². The molecule has 2 aliphatic rings. The summed E-state index contributed by atoms with van der Waals surface area (Å²) in [5.41, 5.74) is 0.577. The molecule has 1 aliphatic heterocycles. The van der Waals surface area contributed by atoms with Gasteiger partial charge in [0.25, 0.3) is 0 Å². The highest BCUT2D eigenvalue weighted by Gasteiger charge is 2.39. The van der Waals surface area contributed by atoms with E-state index in [4.69, 9.17) is 4.52 Å². The largest absolute Gasteiger partial charge is 0.337 e. The number of nitrogens with zero attached hydrogens (tertiary/aromatic N) is 5. The zero-order valence-electron chi connectivity index (χ0n) is 12.2. The van der Waals surface area contributed by atoms with Crippen LogP contribution in [0.2, 0.25) is 0 Å². The first-order valence-corrected chi connectivity index (χ1v) is 7.73. The average molecular weight is 299 g/mol. The second kappa shape index (κ2) is 5.47. The van der Waals surface area contributed by atoms with E-state index in [0.717, 1.165) is 38.6 Å². The lowest BCUT2D eigenvalue weighted by Crippen LogP contribution is -2.39. The maximum atomic E-state index is 12.4. The molecule has 1 unspecified atom stereocenters. The normalized spacial score (nSPS) is 21.8. The van der Waals surface area contributed by atoms with Crippen LogP contribution in [0, 0.1) is 5.92 Å². The van der Waals surface area contributed by atoms with E-state index in [-0.39, 0.29) is 17.9 Å². The van der Waals surface area contributed by atoms with Crippen LogP contribution in [-0.2, 0) is 4.79 Å². The number of carbonyl (C=O) groups excluding carboxylic acids is 1. The van der Waals surface area contributed by atoms with Gasteiger partial charge in [0.2, 0.25) is 17.6 Å². The number of likely N-dealkylation sites (tertiary alicyclic amines) is 1. The summed E-state index contributed by atoms with van der Waals surface area (Å²) in [5.74, 6) is 1.38. The van der Waals surface area contributed by atoms with Crippen molar-refractivity contribution < 1.29 is 9.32 Å². The molecule has 0 aromatic carbocycles. The molecule has 0 radical (unpaired) electrons. The number of hydrogen-bond acceptors (Lipinski definition) is 6. The summed E-state index contributed by atoms with van der Waals surface area (Å²) in [5, 5.41) is 3.99. The fourth-order valence-corrected chi connectivity index (χ4v) is 2.91. The molecule has 4 rings (SSSR count). The number of carbonyl (C=O) groups is 1. The summed E-state index contributed by atoms with van der Waals surface area (Å²) in [6, 6.07) is -0.0974. The van der Waals surface area contributed by atoms with Gasteiger partial charge in [-0.1, -0.05) is 5.16 Å². The summed E-state index contributed by atoms with van der Waals surface area (Å²) in [6.07, 6.45) is 9.80. The van der Waals surface area contributed by atoms with E-state index >= 15 is 0 Å². The first kappa shape index (κ1) is 13.4. The molecular weight excluding hydrogens is 282 g/mol. The van der Waals surface area contributed by atoms with Gasteiger partial charge < -0.3 is 9.42 Å². The Morgan fingerprint density at radius 3 is 2.91 bits per heavy atom. The van der Waals surface area contributed by atoms with Gasteiger partial charge in [-0.25, -0.2) is 4.98 Å². The maximum Gasteiger partial charge on any atom is 0.249 e. The van der Waals surface area contributed by atoms with Crippen molar-refractivity contribution in [2.24, 2.45) is 5.92 Å². The van der Waals surface area contributed by atoms with Gasteiger partial charge in [0.1, 0.15) is 11.7 Å². The van der Waals surface area contributed by atoms with Crippen LogP contribution in [-0.4, -0.2) is 37.5 Å². The molecule has 7 nitrogen and oxygen atoms in total. The number of rotatable bonds is 3. The predicted molar refractivity (Wildman–Crippen MR) is 76.4 cm³/mol. The van der Waals surface area contributed by atoms with Crippen molar-refractivity contribution in [2.75, 3.05) is 6.54 Å². The second-order valence-corrected chi connectivity index (χ2v) is 5.86. The lowest BCUT2D eigenvalue weighted by Gasteiger charge is -2.33. The first-order chi connectivity index (χ1) is 10.8. The smallest absolute Gasteiger partial charge is 0.249 e. The summed E-state index contributed by atoms with van der Waals surface area (Å²) in [6.45, 7) is 0.781. The molecule has 0 bridgehead atoms. The van der Waals surface area contributed by atoms with Crippen LogP contribution in [0.25, 0.3) is 11.5 Å². The molecule has 2 fully saturated rings. The molecule has 1 amide bonds. The Bertz CT molecular complexity index is 668. The predicted octanol–water partition coefficient (Wildman–Crippen LogP) is 1.99. The number of aromatic nitrogens is 4. The van der Waals surface area contributed by atoms with Crippen LogP contribution in [0.3, 0.4) is 0 Å². The monoisotopic (exact) mass is 299 g/mol. The van der Waals surface area contributed by atoms with Crippen LogP contribution >= 0.6 is 0 Å². The molecule has 1 atom stereocenters. The van der Waals surface area contributed by atoms with Gasteiger partial charge in [-0.2, -0.15) is 4.98 Å². The van der Waals surface area contributed by atoms with Crippen molar-refractivity contribution in [3.63, 3.8) is 0 Å². The molecule has 1 saturated carbocycles.